The van der Waals surface area contributed by atoms with Gasteiger partial charge in [0.25, 0.3) is 0 Å². The topological polar surface area (TPSA) is 91.3 Å². The molecule has 0 saturated heterocycles. The molecule has 0 bridgehead atoms. The molecule has 0 heterocycles. The molecule has 24 heavy (non-hydrogen) atoms. The maximum absolute atomic E-state index is 11.5. The maximum atomic E-state index is 11.5. The minimum absolute atomic E-state index is 0.0870. The van der Waals surface area contributed by atoms with E-state index in [1.165, 1.54) is 0 Å². The number of rotatable bonds is 9. The molecule has 0 aromatic heterocycles. The van der Waals surface area contributed by atoms with Crippen LogP contribution in [0, 0.1) is 0 Å². The van der Waals surface area contributed by atoms with E-state index in [2.05, 4.69) is 4.74 Å². The lowest BCUT2D eigenvalue weighted by atomic mass is 10.1. The third-order valence-corrected chi connectivity index (χ3v) is 2.59. The van der Waals surface area contributed by atoms with Crippen molar-refractivity contribution >= 4 is 11.9 Å². The minimum Gasteiger partial charge on any atom is -0.462 e. The van der Waals surface area contributed by atoms with Gasteiger partial charge in [0.05, 0.1) is 50.8 Å². The van der Waals surface area contributed by atoms with Crippen molar-refractivity contribution in [2.24, 2.45) is 0 Å². The summed E-state index contributed by atoms with van der Waals surface area (Å²) in [6.45, 7) is 5.63. The van der Waals surface area contributed by atoms with Gasteiger partial charge in [-0.3, -0.25) is 0 Å². The third kappa shape index (κ3) is 9.24. The zero-order valence-corrected chi connectivity index (χ0v) is 14.4. The van der Waals surface area contributed by atoms with E-state index in [0.717, 1.165) is 0 Å². The van der Waals surface area contributed by atoms with Gasteiger partial charge in [-0.2, -0.15) is 0 Å². The zero-order chi connectivity index (χ0) is 18.2. The standard InChI is InChI=1S/C12H14O4.C5H12O3/c1-3-15-11(13)9-7-5-6-8-10(9)12(14)16-4-2;1-7-4-5-8-3-2-6/h5-8H,3-4H2,1-2H3;6H,2-5H2,1H3. The number of methoxy groups -OCH3 is 1. The Morgan fingerprint density at radius 1 is 0.917 bits per heavy atom. The van der Waals surface area contributed by atoms with E-state index in [4.69, 9.17) is 19.3 Å². The Bertz CT molecular complexity index is 431. The Hall–Kier alpha value is -1.96. The highest BCUT2D eigenvalue weighted by atomic mass is 16.5. The number of aliphatic hydroxyl groups excluding tert-OH is 1. The van der Waals surface area contributed by atoms with Crippen LogP contribution in [0.4, 0.5) is 0 Å². The molecule has 0 radical (unpaired) electrons. The lowest BCUT2D eigenvalue weighted by Gasteiger charge is -2.07. The molecular weight excluding hydrogens is 316 g/mol. The molecule has 7 nitrogen and oxygen atoms in total. The average molecular weight is 342 g/mol. The lowest BCUT2D eigenvalue weighted by Crippen LogP contribution is -2.13. The molecule has 1 aromatic rings. The molecule has 0 fully saturated rings. The quantitative estimate of drug-likeness (QED) is 0.539. The van der Waals surface area contributed by atoms with Crippen molar-refractivity contribution in [3.05, 3.63) is 35.4 Å². The summed E-state index contributed by atoms with van der Waals surface area (Å²) in [6, 6.07) is 6.44. The fourth-order valence-electron chi connectivity index (χ4n) is 1.57. The Morgan fingerprint density at radius 2 is 1.42 bits per heavy atom. The molecule has 0 aliphatic carbocycles. The first-order valence-electron chi connectivity index (χ1n) is 7.73. The molecule has 7 heteroatoms. The summed E-state index contributed by atoms with van der Waals surface area (Å²) >= 11 is 0. The number of carbonyl (C=O) groups excluding carboxylic acids is 2. The molecule has 1 rings (SSSR count). The second kappa shape index (κ2) is 14.6. The van der Waals surface area contributed by atoms with E-state index in [1.807, 2.05) is 0 Å². The first-order chi connectivity index (χ1) is 11.6. The fourth-order valence-corrected chi connectivity index (χ4v) is 1.57. The summed E-state index contributed by atoms with van der Waals surface area (Å²) in [7, 11) is 1.61. The summed E-state index contributed by atoms with van der Waals surface area (Å²) in [5.41, 5.74) is 0.477. The highest BCUT2D eigenvalue weighted by Gasteiger charge is 2.17. The van der Waals surface area contributed by atoms with Crippen molar-refractivity contribution in [3.63, 3.8) is 0 Å². The second-order valence-electron chi connectivity index (χ2n) is 4.32. The van der Waals surface area contributed by atoms with Crippen molar-refractivity contribution in [2.45, 2.75) is 13.8 Å². The van der Waals surface area contributed by atoms with Gasteiger partial charge in [0.1, 0.15) is 0 Å². The molecular formula is C17H26O7. The van der Waals surface area contributed by atoms with E-state index >= 15 is 0 Å². The van der Waals surface area contributed by atoms with Gasteiger partial charge in [-0.1, -0.05) is 12.1 Å². The highest BCUT2D eigenvalue weighted by molar-refractivity contribution is 6.03. The summed E-state index contributed by atoms with van der Waals surface area (Å²) in [5.74, 6) is -1.02. The van der Waals surface area contributed by atoms with E-state index in [9.17, 15) is 9.59 Å². The summed E-state index contributed by atoms with van der Waals surface area (Å²) in [6.07, 6.45) is 0. The molecule has 1 aromatic carbocycles. The van der Waals surface area contributed by atoms with Crippen LogP contribution in [-0.2, 0) is 18.9 Å². The number of aliphatic hydroxyl groups is 1. The summed E-state index contributed by atoms with van der Waals surface area (Å²) < 4.78 is 19.2. The van der Waals surface area contributed by atoms with Crippen molar-refractivity contribution in [1.82, 2.24) is 0 Å². The molecule has 0 atom stereocenters. The number of benzene rings is 1. The van der Waals surface area contributed by atoms with Crippen LogP contribution in [-0.4, -0.2) is 63.8 Å². The largest absolute Gasteiger partial charge is 0.462 e. The maximum Gasteiger partial charge on any atom is 0.338 e. The van der Waals surface area contributed by atoms with Crippen LogP contribution < -0.4 is 0 Å². The molecule has 0 aliphatic heterocycles. The summed E-state index contributed by atoms with van der Waals surface area (Å²) in [5, 5.41) is 8.20. The van der Waals surface area contributed by atoms with Gasteiger partial charge in [0.15, 0.2) is 0 Å². The lowest BCUT2D eigenvalue weighted by molar-refractivity contribution is 0.0479. The Kier molecular flexibility index (Phi) is 13.4. The smallest absolute Gasteiger partial charge is 0.338 e. The van der Waals surface area contributed by atoms with Gasteiger partial charge in [-0.15, -0.1) is 0 Å². The van der Waals surface area contributed by atoms with Crippen LogP contribution in [0.1, 0.15) is 34.6 Å². The average Bonchev–Trinajstić information content (AvgIpc) is 2.60. The van der Waals surface area contributed by atoms with Gasteiger partial charge in [0, 0.05) is 7.11 Å². The first kappa shape index (κ1) is 22.0. The Morgan fingerprint density at radius 3 is 1.79 bits per heavy atom. The van der Waals surface area contributed by atoms with Crippen LogP contribution >= 0.6 is 0 Å². The molecule has 1 N–H and O–H groups in total. The Balaban J connectivity index is 0.000000561. The molecule has 0 saturated carbocycles. The van der Waals surface area contributed by atoms with Crippen molar-refractivity contribution < 1.29 is 33.6 Å². The van der Waals surface area contributed by atoms with Gasteiger partial charge in [-0.25, -0.2) is 9.59 Å². The number of esters is 2. The van der Waals surface area contributed by atoms with Crippen molar-refractivity contribution in [1.29, 1.82) is 0 Å². The minimum atomic E-state index is -0.508. The van der Waals surface area contributed by atoms with Crippen LogP contribution in [0.2, 0.25) is 0 Å². The van der Waals surface area contributed by atoms with Crippen LogP contribution in [0.5, 0.6) is 0 Å². The summed E-state index contributed by atoms with van der Waals surface area (Å²) in [4.78, 5) is 23.1. The molecule has 136 valence electrons. The number of hydrogen-bond donors (Lipinski definition) is 1. The van der Waals surface area contributed by atoms with Crippen LogP contribution in [0.25, 0.3) is 0 Å². The molecule has 0 aliphatic rings. The van der Waals surface area contributed by atoms with Crippen molar-refractivity contribution in [2.75, 3.05) is 46.8 Å². The first-order valence-corrected chi connectivity index (χ1v) is 7.73. The van der Waals surface area contributed by atoms with Gasteiger partial charge in [0.2, 0.25) is 0 Å². The fraction of sp³-hybridized carbons (Fsp3) is 0.529. The zero-order valence-electron chi connectivity index (χ0n) is 14.4. The van der Waals surface area contributed by atoms with E-state index < -0.39 is 11.9 Å². The van der Waals surface area contributed by atoms with E-state index in [1.54, 1.807) is 45.2 Å². The third-order valence-electron chi connectivity index (χ3n) is 2.59. The van der Waals surface area contributed by atoms with Gasteiger partial charge >= 0.3 is 11.9 Å². The number of hydrogen-bond acceptors (Lipinski definition) is 7. The number of carbonyl (C=O) groups is 2. The normalized spacial score (nSPS) is 9.67. The SMILES string of the molecule is CCOC(=O)c1ccccc1C(=O)OCC.COCCOCCO. The molecule has 0 spiro atoms. The predicted octanol–water partition coefficient (Wildman–Crippen LogP) is 1.68. The monoisotopic (exact) mass is 342 g/mol. The van der Waals surface area contributed by atoms with Gasteiger partial charge in [-0.05, 0) is 26.0 Å². The molecule has 0 unspecified atom stereocenters. The Labute approximate surface area is 142 Å². The number of ether oxygens (including phenoxy) is 4. The molecule has 0 amide bonds. The highest BCUT2D eigenvalue weighted by Crippen LogP contribution is 2.11. The van der Waals surface area contributed by atoms with Gasteiger partial charge < -0.3 is 24.1 Å². The van der Waals surface area contributed by atoms with Crippen LogP contribution in [0.15, 0.2) is 24.3 Å². The van der Waals surface area contributed by atoms with E-state index in [-0.39, 0.29) is 30.9 Å². The predicted molar refractivity (Wildman–Crippen MR) is 88.1 cm³/mol. The van der Waals surface area contributed by atoms with E-state index in [0.29, 0.717) is 19.8 Å². The van der Waals surface area contributed by atoms with Crippen molar-refractivity contribution in [3.8, 4) is 0 Å². The van der Waals surface area contributed by atoms with Crippen LogP contribution in [0.3, 0.4) is 0 Å². The second-order valence-corrected chi connectivity index (χ2v) is 4.32.